The average Bonchev–Trinajstić information content (AvgIpc) is 2.36. The van der Waals surface area contributed by atoms with Gasteiger partial charge in [0.05, 0.1) is 13.1 Å². The highest BCUT2D eigenvalue weighted by molar-refractivity contribution is 6.02. The molecule has 0 aromatic carbocycles. The summed E-state index contributed by atoms with van der Waals surface area (Å²) in [6.45, 7) is 9.04. The predicted molar refractivity (Wildman–Crippen MR) is 80.3 cm³/mol. The standard InChI is InChI=1S/C14H21N5O2/c1-5-15-9-6-10(17-13(16-9)14(2,3)4)19-7-11(20)18-12(21)8-19/h6H,5,7-8H2,1-4H3,(H,15,16,17)(H,18,20,21). The van der Waals surface area contributed by atoms with E-state index < -0.39 is 0 Å². The molecular weight excluding hydrogens is 270 g/mol. The molecule has 0 saturated carbocycles. The molecule has 0 unspecified atom stereocenters. The Hall–Kier alpha value is -2.18. The van der Waals surface area contributed by atoms with Gasteiger partial charge in [0.2, 0.25) is 11.8 Å². The summed E-state index contributed by atoms with van der Waals surface area (Å²) in [6, 6.07) is 1.77. The molecule has 2 rings (SSSR count). The number of imide groups is 1. The zero-order valence-electron chi connectivity index (χ0n) is 12.9. The van der Waals surface area contributed by atoms with Gasteiger partial charge in [-0.2, -0.15) is 0 Å². The highest BCUT2D eigenvalue weighted by atomic mass is 16.2. The third kappa shape index (κ3) is 3.68. The maximum atomic E-state index is 11.5. The van der Waals surface area contributed by atoms with Gasteiger partial charge in [-0.3, -0.25) is 14.9 Å². The van der Waals surface area contributed by atoms with E-state index in [2.05, 4.69) is 20.6 Å². The molecule has 0 atom stereocenters. The number of nitrogens with one attached hydrogen (secondary N) is 2. The van der Waals surface area contributed by atoms with Crippen molar-refractivity contribution < 1.29 is 9.59 Å². The monoisotopic (exact) mass is 291 g/mol. The fourth-order valence-electron chi connectivity index (χ4n) is 2.00. The first-order valence-corrected chi connectivity index (χ1v) is 7.00. The number of carbonyl (C=O) groups is 2. The molecule has 1 aliphatic heterocycles. The average molecular weight is 291 g/mol. The van der Waals surface area contributed by atoms with E-state index >= 15 is 0 Å². The number of hydrogen-bond acceptors (Lipinski definition) is 6. The number of carbonyl (C=O) groups excluding carboxylic acids is 2. The first-order chi connectivity index (χ1) is 9.79. The lowest BCUT2D eigenvalue weighted by molar-refractivity contribution is -0.130. The minimum Gasteiger partial charge on any atom is -0.370 e. The van der Waals surface area contributed by atoms with Crippen molar-refractivity contribution in [1.82, 2.24) is 15.3 Å². The van der Waals surface area contributed by atoms with Gasteiger partial charge in [0.25, 0.3) is 0 Å². The van der Waals surface area contributed by atoms with Crippen LogP contribution in [0, 0.1) is 0 Å². The Morgan fingerprint density at radius 2 is 1.86 bits per heavy atom. The molecule has 0 radical (unpaired) electrons. The molecule has 1 aromatic rings. The van der Waals surface area contributed by atoms with E-state index in [0.29, 0.717) is 17.5 Å². The van der Waals surface area contributed by atoms with E-state index in [1.807, 2.05) is 27.7 Å². The summed E-state index contributed by atoms with van der Waals surface area (Å²) in [6.07, 6.45) is 0. The topological polar surface area (TPSA) is 87.2 Å². The van der Waals surface area contributed by atoms with Gasteiger partial charge in [-0.25, -0.2) is 9.97 Å². The molecule has 1 saturated heterocycles. The summed E-state index contributed by atoms with van der Waals surface area (Å²) < 4.78 is 0. The number of nitrogens with zero attached hydrogens (tertiary/aromatic N) is 3. The van der Waals surface area contributed by atoms with Crippen LogP contribution >= 0.6 is 0 Å². The molecule has 0 spiro atoms. The molecule has 1 aromatic heterocycles. The number of rotatable bonds is 3. The highest BCUT2D eigenvalue weighted by Gasteiger charge is 2.26. The summed E-state index contributed by atoms with van der Waals surface area (Å²) in [5, 5.41) is 5.44. The van der Waals surface area contributed by atoms with Crippen molar-refractivity contribution in [1.29, 1.82) is 0 Å². The lowest BCUT2D eigenvalue weighted by atomic mass is 9.96. The summed E-state index contributed by atoms with van der Waals surface area (Å²) >= 11 is 0. The van der Waals surface area contributed by atoms with E-state index in [4.69, 9.17) is 0 Å². The van der Waals surface area contributed by atoms with Crippen LogP contribution < -0.4 is 15.5 Å². The summed E-state index contributed by atoms with van der Waals surface area (Å²) in [5.41, 5.74) is -0.220. The van der Waals surface area contributed by atoms with Gasteiger partial charge in [-0.15, -0.1) is 0 Å². The Morgan fingerprint density at radius 1 is 1.24 bits per heavy atom. The van der Waals surface area contributed by atoms with Crippen LogP contribution in [-0.2, 0) is 15.0 Å². The van der Waals surface area contributed by atoms with E-state index in [9.17, 15) is 9.59 Å². The van der Waals surface area contributed by atoms with Gasteiger partial charge < -0.3 is 10.2 Å². The molecule has 2 amide bonds. The van der Waals surface area contributed by atoms with Crippen molar-refractivity contribution in [3.05, 3.63) is 11.9 Å². The van der Waals surface area contributed by atoms with Crippen molar-refractivity contribution in [2.75, 3.05) is 29.9 Å². The van der Waals surface area contributed by atoms with Crippen LogP contribution in [-0.4, -0.2) is 41.4 Å². The Balaban J connectivity index is 2.39. The summed E-state index contributed by atoms with van der Waals surface area (Å²) in [7, 11) is 0. The third-order valence-corrected chi connectivity index (χ3v) is 3.01. The summed E-state index contributed by atoms with van der Waals surface area (Å²) in [5.74, 6) is 1.34. The Bertz CT molecular complexity index is 549. The van der Waals surface area contributed by atoms with E-state index in [-0.39, 0.29) is 30.3 Å². The number of amides is 2. The summed E-state index contributed by atoms with van der Waals surface area (Å²) in [4.78, 5) is 33.7. The van der Waals surface area contributed by atoms with Crippen molar-refractivity contribution in [2.45, 2.75) is 33.1 Å². The minimum absolute atomic E-state index is 0.123. The molecule has 7 heteroatoms. The van der Waals surface area contributed by atoms with E-state index in [1.54, 1.807) is 11.0 Å². The third-order valence-electron chi connectivity index (χ3n) is 3.01. The van der Waals surface area contributed by atoms with Gasteiger partial charge in [-0.05, 0) is 6.92 Å². The van der Waals surface area contributed by atoms with Crippen LogP contribution in [0.1, 0.15) is 33.5 Å². The van der Waals surface area contributed by atoms with E-state index in [0.717, 1.165) is 6.54 Å². The SMILES string of the molecule is CCNc1cc(N2CC(=O)NC(=O)C2)nc(C(C)(C)C)n1. The van der Waals surface area contributed by atoms with Crippen LogP contribution in [0.25, 0.3) is 0 Å². The predicted octanol–water partition coefficient (Wildman–Crippen LogP) is 0.669. The zero-order valence-corrected chi connectivity index (χ0v) is 12.9. The second-order valence-electron chi connectivity index (χ2n) is 6.04. The van der Waals surface area contributed by atoms with Crippen LogP contribution in [0.3, 0.4) is 0 Å². The van der Waals surface area contributed by atoms with Gasteiger partial charge in [0.15, 0.2) is 0 Å². The fraction of sp³-hybridized carbons (Fsp3) is 0.571. The van der Waals surface area contributed by atoms with Crippen LogP contribution in [0.2, 0.25) is 0 Å². The minimum atomic E-state index is -0.313. The zero-order chi connectivity index (χ0) is 15.6. The molecule has 114 valence electrons. The maximum Gasteiger partial charge on any atom is 0.246 e. The molecule has 7 nitrogen and oxygen atoms in total. The van der Waals surface area contributed by atoms with Crippen molar-refractivity contribution >= 4 is 23.5 Å². The molecule has 2 heterocycles. The first-order valence-electron chi connectivity index (χ1n) is 7.00. The quantitative estimate of drug-likeness (QED) is 0.796. The maximum absolute atomic E-state index is 11.5. The lowest BCUT2D eigenvalue weighted by Crippen LogP contribution is -2.51. The number of anilines is 2. The lowest BCUT2D eigenvalue weighted by Gasteiger charge is -2.28. The normalized spacial score (nSPS) is 15.9. The number of piperazine rings is 1. The molecule has 0 bridgehead atoms. The van der Waals surface area contributed by atoms with Crippen molar-refractivity contribution in [3.8, 4) is 0 Å². The van der Waals surface area contributed by atoms with Gasteiger partial charge in [0, 0.05) is 18.0 Å². The van der Waals surface area contributed by atoms with E-state index in [1.165, 1.54) is 0 Å². The largest absolute Gasteiger partial charge is 0.370 e. The number of hydrogen-bond donors (Lipinski definition) is 2. The van der Waals surface area contributed by atoms with Crippen LogP contribution in [0.4, 0.5) is 11.6 Å². The van der Waals surface area contributed by atoms with Crippen LogP contribution in [0.15, 0.2) is 6.07 Å². The number of aromatic nitrogens is 2. The first kappa shape index (κ1) is 15.2. The second kappa shape index (κ2) is 5.67. The highest BCUT2D eigenvalue weighted by Crippen LogP contribution is 2.24. The van der Waals surface area contributed by atoms with Gasteiger partial charge >= 0.3 is 0 Å². The van der Waals surface area contributed by atoms with Gasteiger partial charge in [0.1, 0.15) is 17.5 Å². The molecule has 0 aliphatic carbocycles. The molecule has 1 aliphatic rings. The van der Waals surface area contributed by atoms with Crippen molar-refractivity contribution in [2.24, 2.45) is 0 Å². The molecule has 1 fully saturated rings. The molecule has 2 N–H and O–H groups in total. The Labute approximate surface area is 124 Å². The Morgan fingerprint density at radius 3 is 2.38 bits per heavy atom. The molecular formula is C14H21N5O2. The Kier molecular flexibility index (Phi) is 4.11. The fourth-order valence-corrected chi connectivity index (χ4v) is 2.00. The molecule has 21 heavy (non-hydrogen) atoms. The van der Waals surface area contributed by atoms with Gasteiger partial charge in [-0.1, -0.05) is 20.8 Å². The van der Waals surface area contributed by atoms with Crippen LogP contribution in [0.5, 0.6) is 0 Å². The van der Waals surface area contributed by atoms with Crippen molar-refractivity contribution in [3.63, 3.8) is 0 Å². The second-order valence-corrected chi connectivity index (χ2v) is 6.04. The smallest absolute Gasteiger partial charge is 0.246 e.